The Balaban J connectivity index is 1.68. The van der Waals surface area contributed by atoms with Gasteiger partial charge in [-0.25, -0.2) is 0 Å². The Morgan fingerprint density at radius 3 is 2.21 bits per heavy atom. The molecule has 2 atom stereocenters. The number of carbonyl (C=O) groups is 2. The highest BCUT2D eigenvalue weighted by Gasteiger charge is 2.20. The molecule has 0 saturated heterocycles. The van der Waals surface area contributed by atoms with Gasteiger partial charge < -0.3 is 20.1 Å². The molecule has 0 aliphatic heterocycles. The first-order chi connectivity index (χ1) is 15.9. The third kappa shape index (κ3) is 6.29. The number of rotatable bonds is 9. The SMILES string of the molecule is COc1ccc(SC(C)C(=O)Nc2ccccc2C(=O)NC(C)c2ccccc2)cc1OC. The molecule has 3 aromatic carbocycles. The number of thioether (sulfide) groups is 1. The summed E-state index contributed by atoms with van der Waals surface area (Å²) >= 11 is 1.39. The quantitative estimate of drug-likeness (QED) is 0.420. The molecule has 172 valence electrons. The van der Waals surface area contributed by atoms with Crippen molar-refractivity contribution < 1.29 is 19.1 Å². The molecule has 0 heterocycles. The zero-order valence-corrected chi connectivity index (χ0v) is 19.9. The summed E-state index contributed by atoms with van der Waals surface area (Å²) in [5, 5.41) is 5.50. The van der Waals surface area contributed by atoms with Gasteiger partial charge in [-0.2, -0.15) is 0 Å². The summed E-state index contributed by atoms with van der Waals surface area (Å²) in [5.74, 6) is 0.780. The zero-order chi connectivity index (χ0) is 23.8. The minimum atomic E-state index is -0.400. The monoisotopic (exact) mass is 464 g/mol. The fourth-order valence-electron chi connectivity index (χ4n) is 3.27. The average molecular weight is 465 g/mol. The van der Waals surface area contributed by atoms with Crippen LogP contribution in [0.3, 0.4) is 0 Å². The van der Waals surface area contributed by atoms with Crippen LogP contribution < -0.4 is 20.1 Å². The molecule has 0 aliphatic carbocycles. The van der Waals surface area contributed by atoms with Gasteiger partial charge in [0.1, 0.15) is 0 Å². The summed E-state index contributed by atoms with van der Waals surface area (Å²) in [7, 11) is 3.15. The smallest absolute Gasteiger partial charge is 0.253 e. The summed E-state index contributed by atoms with van der Waals surface area (Å²) in [6.45, 7) is 3.74. The van der Waals surface area contributed by atoms with E-state index in [0.29, 0.717) is 22.7 Å². The predicted octanol–water partition coefficient (Wildman–Crippen LogP) is 5.31. The number of ether oxygens (including phenoxy) is 2. The molecule has 0 bridgehead atoms. The van der Waals surface area contributed by atoms with Gasteiger partial charge in [-0.3, -0.25) is 9.59 Å². The van der Waals surface area contributed by atoms with Crippen molar-refractivity contribution in [1.29, 1.82) is 0 Å². The van der Waals surface area contributed by atoms with Gasteiger partial charge >= 0.3 is 0 Å². The zero-order valence-electron chi connectivity index (χ0n) is 19.1. The number of benzene rings is 3. The maximum Gasteiger partial charge on any atom is 0.253 e. The Hall–Kier alpha value is -3.45. The lowest BCUT2D eigenvalue weighted by atomic mass is 10.1. The molecular formula is C26H28N2O4S. The minimum absolute atomic E-state index is 0.165. The van der Waals surface area contributed by atoms with Crippen LogP contribution in [0.5, 0.6) is 11.5 Å². The third-order valence-corrected chi connectivity index (χ3v) is 6.21. The number of nitrogens with one attached hydrogen (secondary N) is 2. The van der Waals surface area contributed by atoms with Crippen LogP contribution in [0, 0.1) is 0 Å². The molecule has 0 saturated carbocycles. The Labute approximate surface area is 198 Å². The van der Waals surface area contributed by atoms with E-state index in [1.165, 1.54) is 11.8 Å². The Bertz CT molecular complexity index is 1100. The largest absolute Gasteiger partial charge is 0.493 e. The Kier molecular flexibility index (Phi) is 8.38. The van der Waals surface area contributed by atoms with Gasteiger partial charge in [-0.05, 0) is 49.7 Å². The van der Waals surface area contributed by atoms with Crippen LogP contribution in [-0.2, 0) is 4.79 Å². The fraction of sp³-hybridized carbons (Fsp3) is 0.231. The first-order valence-corrected chi connectivity index (χ1v) is 11.4. The van der Waals surface area contributed by atoms with Gasteiger partial charge in [0.25, 0.3) is 5.91 Å². The highest BCUT2D eigenvalue weighted by molar-refractivity contribution is 8.00. The molecule has 3 rings (SSSR count). The van der Waals surface area contributed by atoms with Gasteiger partial charge in [0.2, 0.25) is 5.91 Å². The highest BCUT2D eigenvalue weighted by Crippen LogP contribution is 2.34. The number of carbonyl (C=O) groups excluding carboxylic acids is 2. The molecule has 2 unspecified atom stereocenters. The molecule has 2 N–H and O–H groups in total. The first-order valence-electron chi connectivity index (χ1n) is 10.6. The van der Waals surface area contributed by atoms with Gasteiger partial charge in [0, 0.05) is 4.90 Å². The number of para-hydroxylation sites is 1. The summed E-state index contributed by atoms with van der Waals surface area (Å²) in [6.07, 6.45) is 0. The summed E-state index contributed by atoms with van der Waals surface area (Å²) in [6, 6.07) is 22.1. The van der Waals surface area contributed by atoms with Crippen molar-refractivity contribution in [3.63, 3.8) is 0 Å². The van der Waals surface area contributed by atoms with E-state index in [4.69, 9.17) is 9.47 Å². The molecule has 0 spiro atoms. The molecule has 0 radical (unpaired) electrons. The summed E-state index contributed by atoms with van der Waals surface area (Å²) < 4.78 is 10.6. The Morgan fingerprint density at radius 2 is 1.52 bits per heavy atom. The van der Waals surface area contributed by atoms with Crippen LogP contribution in [0.2, 0.25) is 0 Å². The lowest BCUT2D eigenvalue weighted by molar-refractivity contribution is -0.115. The van der Waals surface area contributed by atoms with Crippen molar-refractivity contribution in [3.05, 3.63) is 83.9 Å². The van der Waals surface area contributed by atoms with Gasteiger partial charge in [0.05, 0.1) is 36.8 Å². The van der Waals surface area contributed by atoms with Crippen molar-refractivity contribution in [2.24, 2.45) is 0 Å². The van der Waals surface area contributed by atoms with Gasteiger partial charge in [0.15, 0.2) is 11.5 Å². The molecule has 7 heteroatoms. The standard InChI is InChI=1S/C26H28N2O4S/c1-17(19-10-6-5-7-11-19)27-26(30)21-12-8-9-13-22(21)28-25(29)18(2)33-20-14-15-23(31-3)24(16-20)32-4/h5-18H,1-4H3,(H,27,30)(H,28,29). The number of methoxy groups -OCH3 is 2. The molecule has 6 nitrogen and oxygen atoms in total. The van der Waals surface area contributed by atoms with E-state index in [2.05, 4.69) is 10.6 Å². The van der Waals surface area contributed by atoms with E-state index in [-0.39, 0.29) is 17.9 Å². The number of anilines is 1. The first kappa shape index (κ1) is 24.2. The number of amides is 2. The molecule has 0 fully saturated rings. The van der Waals surface area contributed by atoms with Crippen LogP contribution in [0.1, 0.15) is 35.8 Å². The lowest BCUT2D eigenvalue weighted by Gasteiger charge is -2.18. The van der Waals surface area contributed by atoms with Crippen LogP contribution in [-0.4, -0.2) is 31.3 Å². The average Bonchev–Trinajstić information content (AvgIpc) is 2.84. The second-order valence-electron chi connectivity index (χ2n) is 7.42. The van der Waals surface area contributed by atoms with Crippen LogP contribution in [0.4, 0.5) is 5.69 Å². The number of hydrogen-bond acceptors (Lipinski definition) is 5. The molecule has 2 amide bonds. The lowest BCUT2D eigenvalue weighted by Crippen LogP contribution is -2.29. The van der Waals surface area contributed by atoms with Crippen molar-refractivity contribution in [2.75, 3.05) is 19.5 Å². The third-order valence-electron chi connectivity index (χ3n) is 5.11. The van der Waals surface area contributed by atoms with Crippen molar-refractivity contribution in [3.8, 4) is 11.5 Å². The molecule has 0 aromatic heterocycles. The fourth-order valence-corrected chi connectivity index (χ4v) is 4.17. The molecule has 3 aromatic rings. The summed E-state index contributed by atoms with van der Waals surface area (Å²) in [5.41, 5.74) is 1.89. The second-order valence-corrected chi connectivity index (χ2v) is 8.83. The van der Waals surface area contributed by atoms with Crippen LogP contribution >= 0.6 is 11.8 Å². The maximum absolute atomic E-state index is 12.9. The topological polar surface area (TPSA) is 76.7 Å². The van der Waals surface area contributed by atoms with Gasteiger partial charge in [-0.15, -0.1) is 11.8 Å². The molecule has 33 heavy (non-hydrogen) atoms. The van der Waals surface area contributed by atoms with E-state index < -0.39 is 5.25 Å². The van der Waals surface area contributed by atoms with E-state index in [1.54, 1.807) is 44.6 Å². The van der Waals surface area contributed by atoms with Crippen molar-refractivity contribution in [1.82, 2.24) is 5.32 Å². The van der Waals surface area contributed by atoms with Crippen LogP contribution in [0.15, 0.2) is 77.7 Å². The second kappa shape index (κ2) is 11.4. The van der Waals surface area contributed by atoms with E-state index in [1.807, 2.05) is 56.3 Å². The van der Waals surface area contributed by atoms with Crippen LogP contribution in [0.25, 0.3) is 0 Å². The predicted molar refractivity (Wildman–Crippen MR) is 132 cm³/mol. The molecular weight excluding hydrogens is 436 g/mol. The van der Waals surface area contributed by atoms with E-state index in [0.717, 1.165) is 10.5 Å². The minimum Gasteiger partial charge on any atom is -0.493 e. The van der Waals surface area contributed by atoms with Crippen molar-refractivity contribution in [2.45, 2.75) is 30.0 Å². The highest BCUT2D eigenvalue weighted by atomic mass is 32.2. The van der Waals surface area contributed by atoms with Crippen molar-refractivity contribution >= 4 is 29.3 Å². The maximum atomic E-state index is 12.9. The normalized spacial score (nSPS) is 12.4. The van der Waals surface area contributed by atoms with E-state index in [9.17, 15) is 9.59 Å². The molecule has 0 aliphatic rings. The summed E-state index contributed by atoms with van der Waals surface area (Å²) in [4.78, 5) is 26.7. The number of hydrogen-bond donors (Lipinski definition) is 2. The Morgan fingerprint density at radius 1 is 0.848 bits per heavy atom. The van der Waals surface area contributed by atoms with E-state index >= 15 is 0 Å². The van der Waals surface area contributed by atoms with Gasteiger partial charge in [-0.1, -0.05) is 42.5 Å².